The van der Waals surface area contributed by atoms with Gasteiger partial charge in [-0.2, -0.15) is 0 Å². The summed E-state index contributed by atoms with van der Waals surface area (Å²) in [5.74, 6) is 0. The molecule has 0 spiro atoms. The van der Waals surface area contributed by atoms with Crippen LogP contribution >= 0.6 is 92.8 Å². The summed E-state index contributed by atoms with van der Waals surface area (Å²) in [5.41, 5.74) is 0. The molecule has 0 rings (SSSR count). The normalized spacial score (nSPS) is 21.1. The smallest absolute Gasteiger partial charge is 0.190 e. The molecule has 0 aliphatic heterocycles. The summed E-state index contributed by atoms with van der Waals surface area (Å²) in [4.78, 5) is -2.30. The molecule has 0 amide bonds. The van der Waals surface area contributed by atoms with E-state index in [1.807, 2.05) is 13.8 Å². The first-order valence-electron chi connectivity index (χ1n) is 6.48. The number of hydrogen-bond acceptors (Lipinski definition) is 1. The zero-order chi connectivity index (χ0) is 16.8. The van der Waals surface area contributed by atoms with Gasteiger partial charge in [0.1, 0.15) is 0 Å². The van der Waals surface area contributed by atoms with Crippen LogP contribution in [0.2, 0.25) is 0 Å². The van der Waals surface area contributed by atoms with Gasteiger partial charge in [0.15, 0.2) is 19.8 Å². The van der Waals surface area contributed by atoms with Crippen molar-refractivity contribution < 1.29 is 4.74 Å². The number of rotatable bonds is 10. The molecule has 0 aromatic heterocycles. The standard InChI is InChI=1S/C12H18Cl8O/c1-3-5-7(13)11(19,9(15)16)21-12(20,10(17)18)8(14)6-4-2/h7-10H,3-6H2,1-2H3. The van der Waals surface area contributed by atoms with Crippen LogP contribution in [0.4, 0.5) is 0 Å². The van der Waals surface area contributed by atoms with Gasteiger partial charge in [-0.15, -0.1) is 69.6 Å². The first kappa shape index (κ1) is 23.3. The average Bonchev–Trinajstić information content (AvgIpc) is 2.38. The summed E-state index contributed by atoms with van der Waals surface area (Å²) in [5, 5.41) is -4.71. The zero-order valence-electron chi connectivity index (χ0n) is 11.6. The Morgan fingerprint density at radius 3 is 1.19 bits per heavy atom. The van der Waals surface area contributed by atoms with E-state index < -0.39 is 30.5 Å². The monoisotopic (exact) mass is 458 g/mol. The first-order valence-corrected chi connectivity index (χ1v) is 9.86. The minimum absolute atomic E-state index is 0.518. The zero-order valence-corrected chi connectivity index (χ0v) is 17.6. The molecule has 0 bridgehead atoms. The Kier molecular flexibility index (Phi) is 11.4. The fraction of sp³-hybridized carbons (Fsp3) is 1.00. The third kappa shape index (κ3) is 6.25. The molecule has 0 aliphatic carbocycles. The van der Waals surface area contributed by atoms with Crippen LogP contribution in [-0.2, 0) is 4.74 Å². The highest BCUT2D eigenvalue weighted by molar-refractivity contribution is 6.52. The van der Waals surface area contributed by atoms with Gasteiger partial charge >= 0.3 is 0 Å². The van der Waals surface area contributed by atoms with Gasteiger partial charge in [-0.1, -0.05) is 49.9 Å². The highest BCUT2D eigenvalue weighted by atomic mass is 35.5. The summed E-state index contributed by atoms with van der Waals surface area (Å²) in [7, 11) is 0. The lowest BCUT2D eigenvalue weighted by molar-refractivity contribution is -0.0583. The molecule has 4 atom stereocenters. The van der Waals surface area contributed by atoms with Gasteiger partial charge in [-0.3, -0.25) is 0 Å². The summed E-state index contributed by atoms with van der Waals surface area (Å²) in [6.07, 6.45) is 2.55. The van der Waals surface area contributed by atoms with Gasteiger partial charge in [-0.05, 0) is 12.8 Å². The van der Waals surface area contributed by atoms with Crippen molar-refractivity contribution in [2.75, 3.05) is 0 Å². The van der Waals surface area contributed by atoms with Crippen molar-refractivity contribution >= 4 is 92.8 Å². The largest absolute Gasteiger partial charge is 0.329 e. The Balaban J connectivity index is 5.43. The van der Waals surface area contributed by atoms with Crippen LogP contribution in [0.1, 0.15) is 39.5 Å². The van der Waals surface area contributed by atoms with E-state index >= 15 is 0 Å². The fourth-order valence-corrected chi connectivity index (χ4v) is 3.97. The van der Waals surface area contributed by atoms with Crippen molar-refractivity contribution in [2.45, 2.75) is 70.1 Å². The molecule has 0 radical (unpaired) electrons. The summed E-state index contributed by atoms with van der Waals surface area (Å²) in [6, 6.07) is 0. The maximum atomic E-state index is 6.40. The predicted molar refractivity (Wildman–Crippen MR) is 98.3 cm³/mol. The lowest BCUT2D eigenvalue weighted by Gasteiger charge is -2.42. The number of halogens is 8. The SMILES string of the molecule is CCCC(Cl)C(Cl)(OC(Cl)(C(Cl)Cl)C(Cl)CCC)C(Cl)Cl. The van der Waals surface area contributed by atoms with E-state index in [-0.39, 0.29) is 0 Å². The number of ether oxygens (including phenoxy) is 1. The van der Waals surface area contributed by atoms with Gasteiger partial charge in [0, 0.05) is 0 Å². The molecule has 4 unspecified atom stereocenters. The Morgan fingerprint density at radius 1 is 0.714 bits per heavy atom. The lowest BCUT2D eigenvalue weighted by Crippen LogP contribution is -2.54. The quantitative estimate of drug-likeness (QED) is 0.310. The first-order chi connectivity index (χ1) is 9.56. The maximum Gasteiger partial charge on any atom is 0.190 e. The van der Waals surface area contributed by atoms with E-state index in [1.165, 1.54) is 0 Å². The van der Waals surface area contributed by atoms with Crippen molar-refractivity contribution in [1.82, 2.24) is 0 Å². The Labute approximate surface area is 166 Å². The van der Waals surface area contributed by atoms with E-state index in [1.54, 1.807) is 0 Å². The Bertz CT molecular complexity index is 275. The molecular formula is C12H18Cl8O. The molecular weight excluding hydrogens is 444 g/mol. The van der Waals surface area contributed by atoms with E-state index in [4.69, 9.17) is 97.5 Å². The fourth-order valence-electron chi connectivity index (χ4n) is 1.63. The molecule has 0 aromatic carbocycles. The predicted octanol–water partition coefficient (Wildman–Crippen LogP) is 7.30. The van der Waals surface area contributed by atoms with Crippen LogP contribution in [0.3, 0.4) is 0 Å². The summed E-state index contributed by atoms with van der Waals surface area (Å²) < 4.78 is 5.72. The molecule has 0 saturated heterocycles. The van der Waals surface area contributed by atoms with Crippen LogP contribution in [0.25, 0.3) is 0 Å². The highest BCUT2D eigenvalue weighted by Gasteiger charge is 2.53. The second-order valence-electron chi connectivity index (χ2n) is 4.61. The molecule has 0 aromatic rings. The molecule has 0 heterocycles. The van der Waals surface area contributed by atoms with Crippen LogP contribution in [0, 0.1) is 0 Å². The molecule has 0 saturated carbocycles. The van der Waals surface area contributed by atoms with Crippen molar-refractivity contribution in [1.29, 1.82) is 0 Å². The van der Waals surface area contributed by atoms with Gasteiger partial charge < -0.3 is 4.74 Å². The van der Waals surface area contributed by atoms with Crippen molar-refractivity contribution in [2.24, 2.45) is 0 Å². The van der Waals surface area contributed by atoms with Crippen molar-refractivity contribution in [3.05, 3.63) is 0 Å². The van der Waals surface area contributed by atoms with E-state index in [9.17, 15) is 0 Å². The molecule has 21 heavy (non-hydrogen) atoms. The summed E-state index contributed by atoms with van der Waals surface area (Å²) in [6.45, 7) is 3.87. The minimum Gasteiger partial charge on any atom is -0.329 e. The van der Waals surface area contributed by atoms with Crippen LogP contribution in [0.5, 0.6) is 0 Å². The maximum absolute atomic E-state index is 6.40. The molecule has 0 N–H and O–H groups in total. The topological polar surface area (TPSA) is 9.23 Å². The third-order valence-electron chi connectivity index (χ3n) is 2.85. The number of hydrogen-bond donors (Lipinski definition) is 0. The minimum atomic E-state index is -1.66. The van der Waals surface area contributed by atoms with Crippen LogP contribution in [-0.4, -0.2) is 30.5 Å². The average molecular weight is 462 g/mol. The summed E-state index contributed by atoms with van der Waals surface area (Å²) >= 11 is 49.1. The molecule has 9 heteroatoms. The van der Waals surface area contributed by atoms with E-state index in [2.05, 4.69) is 0 Å². The van der Waals surface area contributed by atoms with E-state index in [0.717, 1.165) is 12.8 Å². The molecule has 128 valence electrons. The molecule has 0 aliphatic rings. The molecule has 1 nitrogen and oxygen atoms in total. The van der Waals surface area contributed by atoms with E-state index in [0.29, 0.717) is 12.8 Å². The third-order valence-corrected chi connectivity index (χ3v) is 7.02. The van der Waals surface area contributed by atoms with Gasteiger partial charge in [0.05, 0.1) is 10.8 Å². The van der Waals surface area contributed by atoms with Crippen LogP contribution in [0.15, 0.2) is 0 Å². The lowest BCUT2D eigenvalue weighted by atomic mass is 10.1. The van der Waals surface area contributed by atoms with Gasteiger partial charge in [0.25, 0.3) is 0 Å². The van der Waals surface area contributed by atoms with Crippen molar-refractivity contribution in [3.63, 3.8) is 0 Å². The van der Waals surface area contributed by atoms with Crippen molar-refractivity contribution in [3.8, 4) is 0 Å². The second-order valence-corrected chi connectivity index (χ2v) is 9.04. The molecule has 0 fully saturated rings. The Hall–Kier alpha value is 2.28. The highest BCUT2D eigenvalue weighted by Crippen LogP contribution is 2.47. The second kappa shape index (κ2) is 10.3. The number of alkyl halides is 8. The van der Waals surface area contributed by atoms with Gasteiger partial charge in [0.2, 0.25) is 0 Å². The van der Waals surface area contributed by atoms with Gasteiger partial charge in [-0.25, -0.2) is 0 Å². The van der Waals surface area contributed by atoms with Crippen LogP contribution < -0.4 is 0 Å². The Morgan fingerprint density at radius 2 is 1.00 bits per heavy atom.